The van der Waals surface area contributed by atoms with Crippen molar-refractivity contribution in [2.45, 2.75) is 33.2 Å². The van der Waals surface area contributed by atoms with Gasteiger partial charge >= 0.3 is 0 Å². The molecule has 0 atom stereocenters. The van der Waals surface area contributed by atoms with Crippen molar-refractivity contribution in [2.24, 2.45) is 4.99 Å². The van der Waals surface area contributed by atoms with Crippen molar-refractivity contribution in [3.05, 3.63) is 45.9 Å². The molecule has 0 bridgehead atoms. The number of thiazole rings is 1. The molecule has 2 aromatic rings. The van der Waals surface area contributed by atoms with E-state index in [1.807, 2.05) is 18.3 Å². The van der Waals surface area contributed by atoms with Crippen LogP contribution < -0.4 is 15.4 Å². The maximum atomic E-state index is 5.78. The van der Waals surface area contributed by atoms with E-state index in [2.05, 4.69) is 65.6 Å². The molecule has 0 saturated carbocycles. The maximum Gasteiger partial charge on any atom is 0.191 e. The molecule has 0 aliphatic carbocycles. The fourth-order valence-electron chi connectivity index (χ4n) is 2.58. The minimum atomic E-state index is 0.632. The molecule has 0 fully saturated rings. The van der Waals surface area contributed by atoms with E-state index < -0.39 is 0 Å². The van der Waals surface area contributed by atoms with Gasteiger partial charge in [0.15, 0.2) is 5.96 Å². The second-order valence-electron chi connectivity index (χ2n) is 6.89. The Balaban J connectivity index is 1.77. The third kappa shape index (κ3) is 8.71. The van der Waals surface area contributed by atoms with Crippen LogP contribution in [0.2, 0.25) is 0 Å². The lowest BCUT2D eigenvalue weighted by atomic mass is 10.2. The van der Waals surface area contributed by atoms with Crippen molar-refractivity contribution in [3.8, 4) is 5.75 Å². The molecule has 6 nitrogen and oxygen atoms in total. The molecule has 0 aliphatic heterocycles. The van der Waals surface area contributed by atoms with E-state index in [9.17, 15) is 0 Å². The summed E-state index contributed by atoms with van der Waals surface area (Å²) in [5.41, 5.74) is 1.16. The summed E-state index contributed by atoms with van der Waals surface area (Å²) in [5, 5.41) is 7.83. The van der Waals surface area contributed by atoms with Gasteiger partial charge in [-0.15, -0.1) is 11.3 Å². The predicted octanol–water partition coefficient (Wildman–Crippen LogP) is 3.08. The summed E-state index contributed by atoms with van der Waals surface area (Å²) in [6.07, 6.45) is 3.86. The zero-order valence-electron chi connectivity index (χ0n) is 17.5. The molecule has 7 heteroatoms. The molecule has 1 aromatic carbocycles. The number of aliphatic imine (C=N–C) groups is 1. The Hall–Kier alpha value is -2.12. The van der Waals surface area contributed by atoms with Crippen LogP contribution in [0.5, 0.6) is 5.75 Å². The largest absolute Gasteiger partial charge is 0.494 e. The van der Waals surface area contributed by atoms with Crippen molar-refractivity contribution in [1.82, 2.24) is 20.5 Å². The molecule has 28 heavy (non-hydrogen) atoms. The number of rotatable bonds is 11. The van der Waals surface area contributed by atoms with Gasteiger partial charge in [0.2, 0.25) is 0 Å². The fraction of sp³-hybridized carbons (Fsp3) is 0.524. The number of guanidine groups is 1. The van der Waals surface area contributed by atoms with Crippen LogP contribution in [0.15, 0.2) is 35.5 Å². The summed E-state index contributed by atoms with van der Waals surface area (Å²) >= 11 is 1.75. The van der Waals surface area contributed by atoms with Gasteiger partial charge in [0, 0.05) is 37.1 Å². The van der Waals surface area contributed by atoms with Crippen LogP contribution in [-0.2, 0) is 13.0 Å². The highest BCUT2D eigenvalue weighted by molar-refractivity contribution is 7.11. The summed E-state index contributed by atoms with van der Waals surface area (Å²) in [5.74, 6) is 1.75. The van der Waals surface area contributed by atoms with Gasteiger partial charge in [-0.3, -0.25) is 0 Å². The number of nitrogens with one attached hydrogen (secondary N) is 2. The minimum Gasteiger partial charge on any atom is -0.494 e. The summed E-state index contributed by atoms with van der Waals surface area (Å²) in [6, 6.07) is 8.19. The van der Waals surface area contributed by atoms with Gasteiger partial charge in [-0.25, -0.2) is 9.98 Å². The number of nitrogens with zero attached hydrogens (tertiary/aromatic N) is 3. The van der Waals surface area contributed by atoms with E-state index in [4.69, 9.17) is 4.74 Å². The van der Waals surface area contributed by atoms with Gasteiger partial charge in [-0.1, -0.05) is 12.1 Å². The Kier molecular flexibility index (Phi) is 9.79. The van der Waals surface area contributed by atoms with Crippen molar-refractivity contribution >= 4 is 17.3 Å². The van der Waals surface area contributed by atoms with E-state index in [0.29, 0.717) is 6.54 Å². The molecule has 0 amide bonds. The average Bonchev–Trinajstić information content (AvgIpc) is 3.09. The number of benzene rings is 1. The lowest BCUT2D eigenvalue weighted by molar-refractivity contribution is 0.281. The molecule has 2 N–H and O–H groups in total. The predicted molar refractivity (Wildman–Crippen MR) is 118 cm³/mol. The maximum absolute atomic E-state index is 5.78. The van der Waals surface area contributed by atoms with E-state index in [1.54, 1.807) is 11.3 Å². The minimum absolute atomic E-state index is 0.632. The lowest BCUT2D eigenvalue weighted by Gasteiger charge is -2.11. The first-order valence-electron chi connectivity index (χ1n) is 9.86. The Morgan fingerprint density at radius 1 is 1.21 bits per heavy atom. The topological polar surface area (TPSA) is 61.8 Å². The second-order valence-corrected chi connectivity index (χ2v) is 8.21. The normalized spacial score (nSPS) is 11.7. The average molecular weight is 404 g/mol. The molecule has 0 saturated heterocycles. The van der Waals surface area contributed by atoms with Crippen LogP contribution in [0.25, 0.3) is 0 Å². The van der Waals surface area contributed by atoms with Crippen molar-refractivity contribution in [3.63, 3.8) is 0 Å². The highest BCUT2D eigenvalue weighted by atomic mass is 32.1. The zero-order valence-corrected chi connectivity index (χ0v) is 18.3. The van der Waals surface area contributed by atoms with Gasteiger partial charge in [0.25, 0.3) is 0 Å². The third-order valence-electron chi connectivity index (χ3n) is 4.01. The molecular formula is C21H33N5OS. The quantitative estimate of drug-likeness (QED) is 0.343. The SMILES string of the molecule is CCNC(=NCc1ccc(OCCCN(C)C)cc1)NCCc1ncc(C)s1. The Bertz CT molecular complexity index is 712. The molecule has 0 unspecified atom stereocenters. The van der Waals surface area contributed by atoms with Gasteiger partial charge in [-0.05, 0) is 52.1 Å². The molecule has 0 radical (unpaired) electrons. The standard InChI is InChI=1S/C21H33N5OS/c1-5-22-21(23-12-11-20-24-15-17(2)28-20)25-16-18-7-9-19(10-8-18)27-14-6-13-26(3)4/h7-10,15H,5-6,11-14,16H2,1-4H3,(H2,22,23,25). The van der Waals surface area contributed by atoms with Crippen LogP contribution in [0.1, 0.15) is 28.8 Å². The monoisotopic (exact) mass is 403 g/mol. The Labute approximate surface area is 173 Å². The van der Waals surface area contributed by atoms with Crippen LogP contribution in [0, 0.1) is 6.92 Å². The molecule has 154 valence electrons. The number of aryl methyl sites for hydroxylation is 1. The molecular weight excluding hydrogens is 370 g/mol. The van der Waals surface area contributed by atoms with Crippen molar-refractivity contribution in [1.29, 1.82) is 0 Å². The Morgan fingerprint density at radius 2 is 2.00 bits per heavy atom. The Morgan fingerprint density at radius 3 is 2.64 bits per heavy atom. The number of hydrogen-bond acceptors (Lipinski definition) is 5. The van der Waals surface area contributed by atoms with Gasteiger partial charge in [0.05, 0.1) is 18.2 Å². The van der Waals surface area contributed by atoms with Crippen molar-refractivity contribution < 1.29 is 4.74 Å². The first kappa shape index (κ1) is 22.2. The van der Waals surface area contributed by atoms with Gasteiger partial charge < -0.3 is 20.3 Å². The summed E-state index contributed by atoms with van der Waals surface area (Å²) in [4.78, 5) is 12.5. The van der Waals surface area contributed by atoms with Gasteiger partial charge in [-0.2, -0.15) is 0 Å². The van der Waals surface area contributed by atoms with Gasteiger partial charge in [0.1, 0.15) is 5.75 Å². The smallest absolute Gasteiger partial charge is 0.191 e. The van der Waals surface area contributed by atoms with Crippen molar-refractivity contribution in [2.75, 3.05) is 40.3 Å². The van der Waals surface area contributed by atoms with Crippen LogP contribution in [0.3, 0.4) is 0 Å². The number of hydrogen-bond donors (Lipinski definition) is 2. The third-order valence-corrected chi connectivity index (χ3v) is 4.98. The molecule has 0 spiro atoms. The zero-order chi connectivity index (χ0) is 20.2. The number of ether oxygens (including phenoxy) is 1. The van der Waals surface area contributed by atoms with E-state index >= 15 is 0 Å². The molecule has 2 rings (SSSR count). The second kappa shape index (κ2) is 12.4. The van der Waals surface area contributed by atoms with E-state index in [0.717, 1.165) is 61.4 Å². The summed E-state index contributed by atoms with van der Waals surface area (Å²) in [6.45, 7) is 8.22. The summed E-state index contributed by atoms with van der Waals surface area (Å²) < 4.78 is 5.78. The van der Waals surface area contributed by atoms with Crippen LogP contribution >= 0.6 is 11.3 Å². The molecule has 1 aromatic heterocycles. The molecule has 0 aliphatic rings. The highest BCUT2D eigenvalue weighted by Crippen LogP contribution is 2.13. The molecule has 1 heterocycles. The van der Waals surface area contributed by atoms with E-state index in [-0.39, 0.29) is 0 Å². The first-order chi connectivity index (χ1) is 13.6. The first-order valence-corrected chi connectivity index (χ1v) is 10.7. The summed E-state index contributed by atoms with van der Waals surface area (Å²) in [7, 11) is 4.15. The van der Waals surface area contributed by atoms with E-state index in [1.165, 1.54) is 4.88 Å². The van der Waals surface area contributed by atoms with Crippen LogP contribution in [0.4, 0.5) is 0 Å². The number of aromatic nitrogens is 1. The lowest BCUT2D eigenvalue weighted by Crippen LogP contribution is -2.38. The fourth-order valence-corrected chi connectivity index (χ4v) is 3.37. The highest BCUT2D eigenvalue weighted by Gasteiger charge is 2.02. The van der Waals surface area contributed by atoms with Crippen LogP contribution in [-0.4, -0.2) is 56.2 Å².